The maximum absolute atomic E-state index is 10.5. The second kappa shape index (κ2) is 5.81. The van der Waals surface area contributed by atoms with Crippen molar-refractivity contribution in [1.29, 1.82) is 0 Å². The highest BCUT2D eigenvalue weighted by Gasteiger charge is 2.21. The molecule has 116 valence electrons. The Morgan fingerprint density at radius 3 is 2.22 bits per heavy atom. The average molecular weight is 338 g/mol. The van der Waals surface area contributed by atoms with Gasteiger partial charge in [-0.2, -0.15) is 0 Å². The summed E-state index contributed by atoms with van der Waals surface area (Å²) in [4.78, 5) is 2.50. The number of hydrogen-bond acceptors (Lipinski definition) is 3. The van der Waals surface area contributed by atoms with Gasteiger partial charge in [-0.3, -0.25) is 0 Å². The molecule has 0 amide bonds. The van der Waals surface area contributed by atoms with Crippen molar-refractivity contribution in [2.75, 3.05) is 12.5 Å². The van der Waals surface area contributed by atoms with E-state index in [4.69, 9.17) is 0 Å². The zero-order valence-corrected chi connectivity index (χ0v) is 14.9. The first kappa shape index (κ1) is 15.0. The highest BCUT2D eigenvalue weighted by molar-refractivity contribution is 8.01. The largest absolute Gasteiger partial charge is 0.507 e. The van der Waals surface area contributed by atoms with E-state index in [9.17, 15) is 5.11 Å². The molecule has 0 saturated heterocycles. The molecule has 1 N–H and O–H groups in total. The third kappa shape index (κ3) is 2.34. The maximum Gasteiger partial charge on any atom is 0.123 e. The second-order valence-corrected chi connectivity index (χ2v) is 7.54. The summed E-state index contributed by atoms with van der Waals surface area (Å²) in [6.07, 6.45) is 6.25. The number of rotatable bonds is 2. The minimum atomic E-state index is 0.404. The van der Waals surface area contributed by atoms with E-state index in [1.807, 2.05) is 6.07 Å². The second-order valence-electron chi connectivity index (χ2n) is 5.84. The van der Waals surface area contributed by atoms with E-state index in [1.165, 1.54) is 37.4 Å². The molecule has 3 heteroatoms. The van der Waals surface area contributed by atoms with Crippen LogP contribution in [0.4, 0.5) is 0 Å². The fourth-order valence-electron chi connectivity index (χ4n) is 3.55. The van der Waals surface area contributed by atoms with Crippen LogP contribution in [0.25, 0.3) is 21.9 Å². The van der Waals surface area contributed by atoms with E-state index in [-0.39, 0.29) is 0 Å². The summed E-state index contributed by atoms with van der Waals surface area (Å²) in [5.41, 5.74) is 5.30. The maximum atomic E-state index is 10.5. The van der Waals surface area contributed by atoms with Gasteiger partial charge in [-0.25, -0.2) is 0 Å². The number of phenols is 1. The van der Waals surface area contributed by atoms with Crippen molar-refractivity contribution in [2.45, 2.75) is 22.6 Å². The van der Waals surface area contributed by atoms with Crippen molar-refractivity contribution in [2.24, 2.45) is 0 Å². The number of aryl methyl sites for hydroxylation is 2. The number of benzene rings is 3. The fourth-order valence-corrected chi connectivity index (χ4v) is 5.04. The lowest BCUT2D eigenvalue weighted by atomic mass is 9.82. The molecule has 1 aliphatic carbocycles. The molecule has 0 fully saturated rings. The zero-order chi connectivity index (χ0) is 16.0. The molecule has 0 radical (unpaired) electrons. The number of thioether (sulfide) groups is 2. The molecule has 23 heavy (non-hydrogen) atoms. The first-order valence-electron chi connectivity index (χ1n) is 7.71. The van der Waals surface area contributed by atoms with Crippen molar-refractivity contribution in [3.05, 3.63) is 53.6 Å². The van der Waals surface area contributed by atoms with Crippen molar-refractivity contribution in [3.8, 4) is 16.9 Å². The molecule has 0 aliphatic heterocycles. The Labute approximate surface area is 145 Å². The quantitative estimate of drug-likeness (QED) is 0.600. The van der Waals surface area contributed by atoms with Crippen LogP contribution in [0.3, 0.4) is 0 Å². The van der Waals surface area contributed by atoms with E-state index in [0.717, 1.165) is 18.2 Å². The first-order chi connectivity index (χ1) is 11.2. The summed E-state index contributed by atoms with van der Waals surface area (Å²) in [5.74, 6) is 0.404. The SMILES string of the molecule is CSc1cc2c(O)cc3c(c2cc1SC)-c1ccccc1CC3. The molecule has 1 nitrogen and oxygen atoms in total. The van der Waals surface area contributed by atoms with Gasteiger partial charge in [0.25, 0.3) is 0 Å². The third-order valence-corrected chi connectivity index (χ3v) is 6.34. The Bertz CT molecular complexity index is 915. The van der Waals surface area contributed by atoms with Gasteiger partial charge < -0.3 is 5.11 Å². The lowest BCUT2D eigenvalue weighted by molar-refractivity contribution is 0.481. The van der Waals surface area contributed by atoms with Crippen molar-refractivity contribution < 1.29 is 5.11 Å². The lowest BCUT2D eigenvalue weighted by Crippen LogP contribution is -2.04. The number of phenolic OH excluding ortho intramolecular Hbond substituents is 1. The van der Waals surface area contributed by atoms with Gasteiger partial charge in [-0.1, -0.05) is 24.3 Å². The Morgan fingerprint density at radius 1 is 0.826 bits per heavy atom. The Hall–Kier alpha value is -1.58. The summed E-state index contributed by atoms with van der Waals surface area (Å²) >= 11 is 3.50. The van der Waals surface area contributed by atoms with Gasteiger partial charge >= 0.3 is 0 Å². The first-order valence-corrected chi connectivity index (χ1v) is 10.2. The Morgan fingerprint density at radius 2 is 1.48 bits per heavy atom. The molecule has 0 saturated carbocycles. The van der Waals surface area contributed by atoms with Crippen molar-refractivity contribution in [1.82, 2.24) is 0 Å². The number of hydrogen-bond donors (Lipinski definition) is 1. The third-order valence-electron chi connectivity index (χ3n) is 4.65. The van der Waals surface area contributed by atoms with Crippen LogP contribution in [0, 0.1) is 0 Å². The predicted octanol–water partition coefficient (Wildman–Crippen LogP) is 5.75. The van der Waals surface area contributed by atoms with Crippen LogP contribution < -0.4 is 0 Å². The highest BCUT2D eigenvalue weighted by Crippen LogP contribution is 2.45. The van der Waals surface area contributed by atoms with Crippen LogP contribution in [0.2, 0.25) is 0 Å². The van der Waals surface area contributed by atoms with Gasteiger partial charge in [0, 0.05) is 15.2 Å². The molecule has 0 unspecified atom stereocenters. The van der Waals surface area contributed by atoms with E-state index in [0.29, 0.717) is 5.75 Å². The predicted molar refractivity (Wildman–Crippen MR) is 102 cm³/mol. The standard InChI is InChI=1S/C20H18OS2/c1-22-18-10-15-16(11-19(18)23-2)20-13(9-17(15)21)8-7-12-5-3-4-6-14(12)20/h3-6,9-11,21H,7-8H2,1-2H3. The van der Waals surface area contributed by atoms with Crippen LogP contribution in [0.1, 0.15) is 11.1 Å². The fraction of sp³-hybridized carbons (Fsp3) is 0.200. The molecule has 3 aromatic carbocycles. The minimum absolute atomic E-state index is 0.404. The number of fused-ring (bicyclic) bond motifs is 5. The summed E-state index contributed by atoms with van der Waals surface area (Å²) in [6.45, 7) is 0. The van der Waals surface area contributed by atoms with Gasteiger partial charge in [0.05, 0.1) is 0 Å². The van der Waals surface area contributed by atoms with Gasteiger partial charge in [0.2, 0.25) is 0 Å². The molecule has 0 bridgehead atoms. The van der Waals surface area contributed by atoms with E-state index in [2.05, 4.69) is 48.9 Å². The van der Waals surface area contributed by atoms with Crippen molar-refractivity contribution >= 4 is 34.3 Å². The topological polar surface area (TPSA) is 20.2 Å². The molecule has 0 aromatic heterocycles. The lowest BCUT2D eigenvalue weighted by Gasteiger charge is -2.23. The van der Waals surface area contributed by atoms with Crippen LogP contribution in [0.5, 0.6) is 5.75 Å². The Kier molecular flexibility index (Phi) is 3.78. The Balaban J connectivity index is 2.12. The molecule has 3 aromatic rings. The van der Waals surface area contributed by atoms with Crippen LogP contribution in [-0.4, -0.2) is 17.6 Å². The zero-order valence-electron chi connectivity index (χ0n) is 13.2. The van der Waals surface area contributed by atoms with Gasteiger partial charge in [0.1, 0.15) is 5.75 Å². The molecular weight excluding hydrogens is 320 g/mol. The molecule has 0 heterocycles. The highest BCUT2D eigenvalue weighted by atomic mass is 32.2. The van der Waals surface area contributed by atoms with E-state index in [1.54, 1.807) is 23.5 Å². The minimum Gasteiger partial charge on any atom is -0.507 e. The molecule has 0 spiro atoms. The molecule has 1 aliphatic rings. The smallest absolute Gasteiger partial charge is 0.123 e. The van der Waals surface area contributed by atoms with Crippen LogP contribution >= 0.6 is 23.5 Å². The summed E-state index contributed by atoms with van der Waals surface area (Å²) in [6, 6.07) is 15.0. The summed E-state index contributed by atoms with van der Waals surface area (Å²) < 4.78 is 0. The van der Waals surface area contributed by atoms with Gasteiger partial charge in [-0.15, -0.1) is 23.5 Å². The van der Waals surface area contributed by atoms with Crippen LogP contribution in [-0.2, 0) is 12.8 Å². The van der Waals surface area contributed by atoms with E-state index >= 15 is 0 Å². The van der Waals surface area contributed by atoms with Crippen molar-refractivity contribution in [3.63, 3.8) is 0 Å². The summed E-state index contributed by atoms with van der Waals surface area (Å²) in [7, 11) is 0. The summed E-state index contributed by atoms with van der Waals surface area (Å²) in [5, 5.41) is 12.7. The van der Waals surface area contributed by atoms with Crippen LogP contribution in [0.15, 0.2) is 52.3 Å². The molecular formula is C20H18OS2. The molecule has 0 atom stereocenters. The van der Waals surface area contributed by atoms with E-state index < -0.39 is 0 Å². The normalized spacial score (nSPS) is 13.0. The number of aromatic hydroxyl groups is 1. The van der Waals surface area contributed by atoms with Gasteiger partial charge in [0.15, 0.2) is 0 Å². The monoisotopic (exact) mass is 338 g/mol. The average Bonchev–Trinajstić information content (AvgIpc) is 2.60. The van der Waals surface area contributed by atoms with Gasteiger partial charge in [-0.05, 0) is 71.2 Å². The molecule has 4 rings (SSSR count).